The van der Waals surface area contributed by atoms with Gasteiger partial charge in [-0.05, 0) is 32.0 Å². The molecule has 2 heterocycles. The number of nitrogens with zero attached hydrogens (tertiary/aromatic N) is 2. The molecule has 0 spiro atoms. The molecule has 6 heteroatoms. The van der Waals surface area contributed by atoms with E-state index in [4.69, 9.17) is 16.3 Å². The Balaban J connectivity index is 1.99. The van der Waals surface area contributed by atoms with Gasteiger partial charge < -0.3 is 15.0 Å². The maximum atomic E-state index is 12.4. The van der Waals surface area contributed by atoms with Crippen molar-refractivity contribution in [2.24, 2.45) is 5.41 Å². The van der Waals surface area contributed by atoms with Crippen LogP contribution in [-0.2, 0) is 4.79 Å². The third-order valence-electron chi connectivity index (χ3n) is 4.49. The first-order valence-electron chi connectivity index (χ1n) is 9.16. The molecule has 0 radical (unpaired) electrons. The van der Waals surface area contributed by atoms with Crippen molar-refractivity contribution >= 4 is 23.6 Å². The Bertz CT molecular complexity index is 655. The molecular formula is C20H30ClN3O2. The Labute approximate surface area is 161 Å². The second-order valence-electron chi connectivity index (χ2n) is 7.92. The van der Waals surface area contributed by atoms with Gasteiger partial charge in [0.25, 0.3) is 0 Å². The number of amides is 1. The van der Waals surface area contributed by atoms with Gasteiger partial charge in [-0.1, -0.05) is 44.5 Å². The van der Waals surface area contributed by atoms with E-state index in [0.29, 0.717) is 30.0 Å². The molecule has 1 aromatic heterocycles. The maximum Gasteiger partial charge on any atom is 0.228 e. The molecule has 2 rings (SSSR count). The summed E-state index contributed by atoms with van der Waals surface area (Å²) in [5, 5.41) is 3.55. The molecule has 1 aliphatic heterocycles. The molecular weight excluding hydrogens is 350 g/mol. The smallest absolute Gasteiger partial charge is 0.228 e. The molecule has 0 saturated carbocycles. The van der Waals surface area contributed by atoms with E-state index in [1.807, 2.05) is 44.9 Å². The number of halogens is 1. The van der Waals surface area contributed by atoms with Crippen LogP contribution in [0.2, 0.25) is 5.15 Å². The lowest BCUT2D eigenvalue weighted by atomic mass is 9.95. The largest absolute Gasteiger partial charge is 0.485 e. The first-order valence-corrected chi connectivity index (χ1v) is 9.54. The molecule has 1 aromatic rings. The fraction of sp³-hybridized carbons (Fsp3) is 0.600. The number of aromatic nitrogens is 1. The summed E-state index contributed by atoms with van der Waals surface area (Å²) < 4.78 is 6.05. The van der Waals surface area contributed by atoms with Crippen LogP contribution in [0.25, 0.3) is 6.08 Å². The molecule has 26 heavy (non-hydrogen) atoms. The van der Waals surface area contributed by atoms with E-state index in [1.165, 1.54) is 0 Å². The molecule has 0 bridgehead atoms. The van der Waals surface area contributed by atoms with Gasteiger partial charge in [-0.2, -0.15) is 0 Å². The van der Waals surface area contributed by atoms with Gasteiger partial charge in [0, 0.05) is 30.6 Å². The topological polar surface area (TPSA) is 54.5 Å². The predicted molar refractivity (Wildman–Crippen MR) is 106 cm³/mol. The summed E-state index contributed by atoms with van der Waals surface area (Å²) in [5.74, 6) is 0.730. The van der Waals surface area contributed by atoms with Crippen molar-refractivity contribution in [3.8, 4) is 5.75 Å². The lowest BCUT2D eigenvalue weighted by Crippen LogP contribution is -2.38. The van der Waals surface area contributed by atoms with Gasteiger partial charge in [0.2, 0.25) is 5.91 Å². The highest BCUT2D eigenvalue weighted by Crippen LogP contribution is 2.28. The molecule has 1 N–H and O–H groups in total. The zero-order valence-electron chi connectivity index (χ0n) is 16.4. The molecule has 0 unspecified atom stereocenters. The van der Waals surface area contributed by atoms with E-state index in [1.54, 1.807) is 6.20 Å². The van der Waals surface area contributed by atoms with Crippen molar-refractivity contribution in [3.63, 3.8) is 0 Å². The highest BCUT2D eigenvalue weighted by atomic mass is 35.5. The minimum Gasteiger partial charge on any atom is -0.485 e. The van der Waals surface area contributed by atoms with E-state index >= 15 is 0 Å². The molecule has 0 aliphatic carbocycles. The number of likely N-dealkylation sites (tertiary alicyclic amines) is 1. The Kier molecular flexibility index (Phi) is 7.07. The second-order valence-corrected chi connectivity index (χ2v) is 8.27. The molecule has 1 aliphatic rings. The van der Waals surface area contributed by atoms with Crippen LogP contribution in [0.15, 0.2) is 18.3 Å². The third-order valence-corrected chi connectivity index (χ3v) is 4.77. The first kappa shape index (κ1) is 20.7. The number of ether oxygens (including phenoxy) is 1. The average Bonchev–Trinajstić information content (AvgIpc) is 3.04. The van der Waals surface area contributed by atoms with Gasteiger partial charge in [0.15, 0.2) is 10.9 Å². The van der Waals surface area contributed by atoms with Crippen LogP contribution in [0.3, 0.4) is 0 Å². The van der Waals surface area contributed by atoms with Crippen LogP contribution >= 0.6 is 11.6 Å². The number of hydrogen-bond acceptors (Lipinski definition) is 4. The summed E-state index contributed by atoms with van der Waals surface area (Å²) in [6.07, 6.45) is 7.55. The van der Waals surface area contributed by atoms with Crippen LogP contribution in [-0.4, -0.2) is 48.1 Å². The van der Waals surface area contributed by atoms with Gasteiger partial charge >= 0.3 is 0 Å². The van der Waals surface area contributed by atoms with E-state index in [9.17, 15) is 4.79 Å². The number of nitrogens with one attached hydrogen (secondary N) is 1. The summed E-state index contributed by atoms with van der Waals surface area (Å²) in [7, 11) is 1.95. The number of rotatable bonds is 6. The standard InChI is InChI=1S/C20H30ClN3O2/c1-14(22-5)7-6-8-15-11-17(18(21)23-12-15)26-16-9-10-24(13-16)19(25)20(2,3)4/h6,8,11-12,14,16,22H,7,9-10,13H2,1-5H3/b8-6+/t14-,16+/m0/s1. The summed E-state index contributed by atoms with van der Waals surface area (Å²) >= 11 is 6.20. The lowest BCUT2D eigenvalue weighted by Gasteiger charge is -2.25. The Morgan fingerprint density at radius 1 is 1.54 bits per heavy atom. The van der Waals surface area contributed by atoms with Crippen LogP contribution in [0, 0.1) is 5.41 Å². The number of hydrogen-bond donors (Lipinski definition) is 1. The highest BCUT2D eigenvalue weighted by Gasteiger charge is 2.33. The summed E-state index contributed by atoms with van der Waals surface area (Å²) in [6, 6.07) is 2.33. The molecule has 144 valence electrons. The zero-order valence-corrected chi connectivity index (χ0v) is 17.1. The van der Waals surface area contributed by atoms with Crippen molar-refractivity contribution in [2.75, 3.05) is 20.1 Å². The SMILES string of the molecule is CN[C@@H](C)C/C=C/c1cnc(Cl)c(O[C@@H]2CCN(C(=O)C(C)(C)C)C2)c1. The minimum absolute atomic E-state index is 0.0517. The maximum absolute atomic E-state index is 12.4. The fourth-order valence-corrected chi connectivity index (χ4v) is 2.95. The number of pyridine rings is 1. The molecule has 1 fully saturated rings. The van der Waals surface area contributed by atoms with Crippen molar-refractivity contribution < 1.29 is 9.53 Å². The van der Waals surface area contributed by atoms with Crippen LogP contribution in [0.5, 0.6) is 5.75 Å². The van der Waals surface area contributed by atoms with Gasteiger partial charge in [0.1, 0.15) is 6.10 Å². The van der Waals surface area contributed by atoms with Gasteiger partial charge in [-0.25, -0.2) is 4.98 Å². The summed E-state index contributed by atoms with van der Waals surface area (Å²) in [6.45, 7) is 9.25. The molecule has 2 atom stereocenters. The van der Waals surface area contributed by atoms with Crippen LogP contribution in [0.4, 0.5) is 0 Å². The predicted octanol–water partition coefficient (Wildman–Crippen LogP) is 3.77. The number of carbonyl (C=O) groups excluding carboxylic acids is 1. The zero-order chi connectivity index (χ0) is 19.3. The van der Waals surface area contributed by atoms with Gasteiger partial charge in [-0.3, -0.25) is 4.79 Å². The lowest BCUT2D eigenvalue weighted by molar-refractivity contribution is -0.138. The Hall–Kier alpha value is -1.59. The van der Waals surface area contributed by atoms with Crippen LogP contribution in [0.1, 0.15) is 46.1 Å². The van der Waals surface area contributed by atoms with Crippen molar-refractivity contribution in [3.05, 3.63) is 29.1 Å². The number of carbonyl (C=O) groups is 1. The molecule has 1 amide bonds. The molecule has 1 saturated heterocycles. The van der Waals surface area contributed by atoms with E-state index < -0.39 is 0 Å². The first-order chi connectivity index (χ1) is 12.2. The van der Waals surface area contributed by atoms with Gasteiger partial charge in [0.05, 0.1) is 6.54 Å². The second kappa shape index (κ2) is 8.87. The monoisotopic (exact) mass is 379 g/mol. The molecule has 5 nitrogen and oxygen atoms in total. The van der Waals surface area contributed by atoms with E-state index in [-0.39, 0.29) is 17.4 Å². The quantitative estimate of drug-likeness (QED) is 0.764. The Morgan fingerprint density at radius 2 is 2.27 bits per heavy atom. The van der Waals surface area contributed by atoms with E-state index in [2.05, 4.69) is 23.3 Å². The fourth-order valence-electron chi connectivity index (χ4n) is 2.81. The normalized spacial score (nSPS) is 19.2. The van der Waals surface area contributed by atoms with Crippen LogP contribution < -0.4 is 10.1 Å². The minimum atomic E-state index is -0.372. The molecule has 0 aromatic carbocycles. The average molecular weight is 380 g/mol. The summed E-state index contributed by atoms with van der Waals surface area (Å²) in [5.41, 5.74) is 0.580. The van der Waals surface area contributed by atoms with Crippen molar-refractivity contribution in [1.82, 2.24) is 15.2 Å². The summed E-state index contributed by atoms with van der Waals surface area (Å²) in [4.78, 5) is 18.5. The van der Waals surface area contributed by atoms with Crippen molar-refractivity contribution in [1.29, 1.82) is 0 Å². The van der Waals surface area contributed by atoms with Gasteiger partial charge in [-0.15, -0.1) is 0 Å². The Morgan fingerprint density at radius 3 is 2.92 bits per heavy atom. The van der Waals surface area contributed by atoms with E-state index in [0.717, 1.165) is 18.4 Å². The third kappa shape index (κ3) is 5.71. The highest BCUT2D eigenvalue weighted by molar-refractivity contribution is 6.30. The van der Waals surface area contributed by atoms with Crippen molar-refractivity contribution in [2.45, 2.75) is 52.7 Å².